The van der Waals surface area contributed by atoms with Crippen LogP contribution >= 0.6 is 0 Å². The Morgan fingerprint density at radius 1 is 1.40 bits per heavy atom. The quantitative estimate of drug-likeness (QED) is 0.612. The van der Waals surface area contributed by atoms with Crippen LogP contribution in [0.1, 0.15) is 12.8 Å². The van der Waals surface area contributed by atoms with Crippen molar-refractivity contribution in [1.82, 2.24) is 10.6 Å². The largest absolute Gasteiger partial charge is 0.381 e. The first-order chi connectivity index (χ1) is 7.19. The summed E-state index contributed by atoms with van der Waals surface area (Å²) in [5, 5.41) is 6.49. The second kappa shape index (κ2) is 3.87. The first-order valence-corrected chi connectivity index (χ1v) is 5.40. The number of nitrogens with two attached hydrogens (primary N) is 1. The highest BCUT2D eigenvalue weighted by Gasteiger charge is 2.44. The predicted molar refractivity (Wildman–Crippen MR) is 59.9 cm³/mol. The summed E-state index contributed by atoms with van der Waals surface area (Å²) in [6, 6.07) is 0. The van der Waals surface area contributed by atoms with E-state index in [-0.39, 0.29) is 5.54 Å². The van der Waals surface area contributed by atoms with Gasteiger partial charge in [0.25, 0.3) is 0 Å². The average Bonchev–Trinajstić information content (AvgIpc) is 2.56. The van der Waals surface area contributed by atoms with Gasteiger partial charge < -0.3 is 21.1 Å². The van der Waals surface area contributed by atoms with Gasteiger partial charge in [0.2, 0.25) is 0 Å². The molecule has 84 valence electrons. The molecule has 4 N–H and O–H groups in total. The molecule has 0 aromatic carbocycles. The molecule has 0 bridgehead atoms. The molecule has 2 saturated heterocycles. The zero-order valence-electron chi connectivity index (χ0n) is 9.01. The third-order valence-corrected chi connectivity index (χ3v) is 3.45. The Balaban J connectivity index is 2.20. The van der Waals surface area contributed by atoms with Gasteiger partial charge in [-0.15, -0.1) is 0 Å². The van der Waals surface area contributed by atoms with Crippen LogP contribution in [0.4, 0.5) is 0 Å². The molecule has 0 saturated carbocycles. The molecule has 2 fully saturated rings. The van der Waals surface area contributed by atoms with Crippen molar-refractivity contribution in [3.63, 3.8) is 0 Å². The SMILES string of the molecule is C=C1NC(=C)C(CN)(C2CCOCC2)N1. The van der Waals surface area contributed by atoms with E-state index in [1.807, 2.05) is 0 Å². The van der Waals surface area contributed by atoms with Gasteiger partial charge in [-0.2, -0.15) is 0 Å². The molecule has 2 rings (SSSR count). The van der Waals surface area contributed by atoms with Crippen LogP contribution in [-0.4, -0.2) is 25.3 Å². The lowest BCUT2D eigenvalue weighted by Gasteiger charge is -2.39. The molecule has 1 atom stereocenters. The first kappa shape index (κ1) is 10.5. The summed E-state index contributed by atoms with van der Waals surface area (Å²) in [7, 11) is 0. The molecule has 0 aliphatic carbocycles. The maximum absolute atomic E-state index is 5.91. The van der Waals surface area contributed by atoms with E-state index < -0.39 is 0 Å². The molecular weight excluding hydrogens is 190 g/mol. The highest BCUT2D eigenvalue weighted by Crippen LogP contribution is 2.34. The summed E-state index contributed by atoms with van der Waals surface area (Å²) in [5.74, 6) is 1.28. The first-order valence-electron chi connectivity index (χ1n) is 5.40. The third-order valence-electron chi connectivity index (χ3n) is 3.45. The van der Waals surface area contributed by atoms with E-state index in [2.05, 4.69) is 23.8 Å². The zero-order valence-corrected chi connectivity index (χ0v) is 9.01. The van der Waals surface area contributed by atoms with E-state index in [0.717, 1.165) is 37.6 Å². The minimum atomic E-state index is -0.221. The molecule has 2 aliphatic heterocycles. The standard InChI is InChI=1S/C11H19N3O/c1-8-11(7-12,14-9(2)13-8)10-3-5-15-6-4-10/h10,13-14H,1-7,12H2. The smallest absolute Gasteiger partial charge is 0.0963 e. The number of nitrogens with one attached hydrogen (secondary N) is 2. The van der Waals surface area contributed by atoms with E-state index in [1.54, 1.807) is 0 Å². The van der Waals surface area contributed by atoms with E-state index >= 15 is 0 Å². The van der Waals surface area contributed by atoms with Gasteiger partial charge in [-0.1, -0.05) is 13.2 Å². The summed E-state index contributed by atoms with van der Waals surface area (Å²) in [5.41, 5.74) is 6.63. The van der Waals surface area contributed by atoms with Gasteiger partial charge in [0.1, 0.15) is 0 Å². The molecule has 4 heteroatoms. The van der Waals surface area contributed by atoms with Crippen LogP contribution in [0, 0.1) is 5.92 Å². The summed E-state index contributed by atoms with van der Waals surface area (Å²) >= 11 is 0. The molecule has 0 aromatic rings. The van der Waals surface area contributed by atoms with Gasteiger partial charge in [0.05, 0.1) is 11.4 Å². The summed E-state index contributed by atoms with van der Waals surface area (Å²) in [6.07, 6.45) is 2.05. The van der Waals surface area contributed by atoms with Crippen LogP contribution in [0.2, 0.25) is 0 Å². The van der Waals surface area contributed by atoms with Crippen LogP contribution in [0.15, 0.2) is 24.7 Å². The Morgan fingerprint density at radius 2 is 2.07 bits per heavy atom. The second-order valence-corrected chi connectivity index (χ2v) is 4.27. The Labute approximate surface area is 90.6 Å². The van der Waals surface area contributed by atoms with Gasteiger partial charge in [-0.05, 0) is 18.8 Å². The summed E-state index contributed by atoms with van der Waals surface area (Å²) in [4.78, 5) is 0. The van der Waals surface area contributed by atoms with Crippen molar-refractivity contribution in [1.29, 1.82) is 0 Å². The molecule has 0 spiro atoms. The van der Waals surface area contributed by atoms with Crippen molar-refractivity contribution < 1.29 is 4.74 Å². The Bertz CT molecular complexity index is 284. The highest BCUT2D eigenvalue weighted by atomic mass is 16.5. The minimum absolute atomic E-state index is 0.221. The molecule has 0 amide bonds. The van der Waals surface area contributed by atoms with Gasteiger partial charge in [-0.25, -0.2) is 0 Å². The van der Waals surface area contributed by atoms with Crippen molar-refractivity contribution in [3.05, 3.63) is 24.7 Å². The fraction of sp³-hybridized carbons (Fsp3) is 0.636. The van der Waals surface area contributed by atoms with Crippen molar-refractivity contribution >= 4 is 0 Å². The number of hydrogen-bond donors (Lipinski definition) is 3. The van der Waals surface area contributed by atoms with E-state index in [4.69, 9.17) is 10.5 Å². The fourth-order valence-corrected chi connectivity index (χ4v) is 2.55. The van der Waals surface area contributed by atoms with Crippen molar-refractivity contribution in [2.45, 2.75) is 18.4 Å². The number of hydrogen-bond acceptors (Lipinski definition) is 4. The van der Waals surface area contributed by atoms with Crippen molar-refractivity contribution in [2.24, 2.45) is 11.7 Å². The normalized spacial score (nSPS) is 32.6. The van der Waals surface area contributed by atoms with Crippen LogP contribution in [0.5, 0.6) is 0 Å². The Morgan fingerprint density at radius 3 is 2.53 bits per heavy atom. The van der Waals surface area contributed by atoms with Gasteiger partial charge >= 0.3 is 0 Å². The van der Waals surface area contributed by atoms with Gasteiger partial charge in [0, 0.05) is 25.5 Å². The number of rotatable bonds is 2. The molecular formula is C11H19N3O. The molecule has 15 heavy (non-hydrogen) atoms. The van der Waals surface area contributed by atoms with Crippen molar-refractivity contribution in [2.75, 3.05) is 19.8 Å². The maximum atomic E-state index is 5.91. The van der Waals surface area contributed by atoms with Gasteiger partial charge in [-0.3, -0.25) is 0 Å². The van der Waals surface area contributed by atoms with Crippen LogP contribution in [0.25, 0.3) is 0 Å². The lowest BCUT2D eigenvalue weighted by Crippen LogP contribution is -2.54. The number of ether oxygens (including phenoxy) is 1. The Hall–Kier alpha value is -1.00. The minimum Gasteiger partial charge on any atom is -0.381 e. The third kappa shape index (κ3) is 1.64. The Kier molecular flexibility index (Phi) is 2.71. The summed E-state index contributed by atoms with van der Waals surface area (Å²) in [6.45, 7) is 10.1. The lowest BCUT2D eigenvalue weighted by molar-refractivity contribution is 0.0434. The predicted octanol–water partition coefficient (Wildman–Crippen LogP) is 0.288. The molecule has 0 aromatic heterocycles. The lowest BCUT2D eigenvalue weighted by atomic mass is 9.77. The zero-order chi connectivity index (χ0) is 10.9. The molecule has 2 heterocycles. The van der Waals surface area contributed by atoms with Crippen LogP contribution in [-0.2, 0) is 4.74 Å². The second-order valence-electron chi connectivity index (χ2n) is 4.27. The van der Waals surface area contributed by atoms with Crippen molar-refractivity contribution in [3.8, 4) is 0 Å². The van der Waals surface area contributed by atoms with E-state index in [1.165, 1.54) is 0 Å². The van der Waals surface area contributed by atoms with Crippen LogP contribution in [0.3, 0.4) is 0 Å². The topological polar surface area (TPSA) is 59.3 Å². The highest BCUT2D eigenvalue weighted by molar-refractivity contribution is 5.30. The monoisotopic (exact) mass is 209 g/mol. The molecule has 2 aliphatic rings. The maximum Gasteiger partial charge on any atom is 0.0963 e. The van der Waals surface area contributed by atoms with E-state index in [9.17, 15) is 0 Å². The molecule has 0 radical (unpaired) electrons. The molecule has 1 unspecified atom stereocenters. The van der Waals surface area contributed by atoms with Gasteiger partial charge in [0.15, 0.2) is 0 Å². The summed E-state index contributed by atoms with van der Waals surface area (Å²) < 4.78 is 5.37. The average molecular weight is 209 g/mol. The van der Waals surface area contributed by atoms with Crippen LogP contribution < -0.4 is 16.4 Å². The molecule has 4 nitrogen and oxygen atoms in total. The fourth-order valence-electron chi connectivity index (χ4n) is 2.55. The van der Waals surface area contributed by atoms with E-state index in [0.29, 0.717) is 12.5 Å².